The number of anilines is 2. The predicted octanol–water partition coefficient (Wildman–Crippen LogP) is 2.14. The second-order valence-corrected chi connectivity index (χ2v) is 7.64. The van der Waals surface area contributed by atoms with Gasteiger partial charge in [0.05, 0.1) is 18.8 Å². The maximum Gasteiger partial charge on any atom is 0.387 e. The lowest BCUT2D eigenvalue weighted by atomic mass is 10.1. The van der Waals surface area contributed by atoms with E-state index >= 15 is 0 Å². The van der Waals surface area contributed by atoms with Gasteiger partial charge >= 0.3 is 6.61 Å². The van der Waals surface area contributed by atoms with Crippen molar-refractivity contribution in [3.63, 3.8) is 0 Å². The number of hydrogen-bond acceptors (Lipinski definition) is 6. The molecule has 1 aromatic rings. The molecule has 0 saturated carbocycles. The second kappa shape index (κ2) is 12.0. The fraction of sp³-hybridized carbons (Fsp3) is 0.600. The molecule has 1 aliphatic heterocycles. The number of rotatable bonds is 11. The Balaban J connectivity index is 2.27. The number of amides is 2. The molecule has 0 bridgehead atoms. The molecule has 2 rings (SSSR count). The number of morpholine rings is 1. The van der Waals surface area contributed by atoms with Crippen LogP contribution in [0, 0.1) is 5.92 Å². The van der Waals surface area contributed by atoms with E-state index in [2.05, 4.69) is 10.1 Å². The number of ether oxygens (including phenoxy) is 2. The maximum atomic E-state index is 13.0. The normalized spacial score (nSPS) is 15.7. The van der Waals surface area contributed by atoms with Crippen LogP contribution >= 0.6 is 0 Å². The van der Waals surface area contributed by atoms with Crippen molar-refractivity contribution in [3.8, 4) is 5.75 Å². The summed E-state index contributed by atoms with van der Waals surface area (Å²) in [5, 5.41) is 2.44. The highest BCUT2D eigenvalue weighted by Crippen LogP contribution is 2.32. The summed E-state index contributed by atoms with van der Waals surface area (Å²) >= 11 is 0. The highest BCUT2D eigenvalue weighted by atomic mass is 19.3. The van der Waals surface area contributed by atoms with Crippen LogP contribution in [-0.4, -0.2) is 75.2 Å². The summed E-state index contributed by atoms with van der Waals surface area (Å²) in [5.74, 6) is -1.47. The Morgan fingerprint density at radius 2 is 2.00 bits per heavy atom. The van der Waals surface area contributed by atoms with Crippen LogP contribution in [0.3, 0.4) is 0 Å². The summed E-state index contributed by atoms with van der Waals surface area (Å²) < 4.78 is 61.6. The monoisotopic (exact) mass is 464 g/mol. The molecule has 1 heterocycles. The number of carbonyl (C=O) groups is 2. The smallest absolute Gasteiger partial charge is 0.387 e. The van der Waals surface area contributed by atoms with Crippen LogP contribution < -0.4 is 20.7 Å². The van der Waals surface area contributed by atoms with E-state index in [4.69, 9.17) is 10.5 Å². The lowest BCUT2D eigenvalue weighted by molar-refractivity contribution is -0.125. The van der Waals surface area contributed by atoms with Gasteiger partial charge in [0, 0.05) is 31.4 Å². The van der Waals surface area contributed by atoms with Gasteiger partial charge in [0.25, 0.3) is 12.3 Å². The van der Waals surface area contributed by atoms with E-state index in [0.29, 0.717) is 5.69 Å². The first-order valence-corrected chi connectivity index (χ1v) is 10.1. The first-order chi connectivity index (χ1) is 15.1. The van der Waals surface area contributed by atoms with E-state index in [1.807, 2.05) is 13.8 Å². The Labute approximate surface area is 183 Å². The largest absolute Gasteiger partial charge is 0.433 e. The van der Waals surface area contributed by atoms with Gasteiger partial charge in [-0.15, -0.1) is 0 Å². The zero-order valence-electron chi connectivity index (χ0n) is 17.9. The Bertz CT molecular complexity index is 772. The SMILES string of the molecule is CC(C)CN(CC(F)F)[C@H](CN)C(=O)Nc1ccc(N2CCOCC2=O)cc1OC(F)F. The maximum absolute atomic E-state index is 13.0. The van der Waals surface area contributed by atoms with Crippen LogP contribution in [0.1, 0.15) is 13.8 Å². The summed E-state index contributed by atoms with van der Waals surface area (Å²) in [6.45, 7) is 0.0737. The van der Waals surface area contributed by atoms with Crippen LogP contribution in [0.2, 0.25) is 0 Å². The van der Waals surface area contributed by atoms with Gasteiger partial charge in [0.15, 0.2) is 5.75 Å². The Kier molecular flexibility index (Phi) is 9.66. The molecule has 1 atom stereocenters. The highest BCUT2D eigenvalue weighted by Gasteiger charge is 2.29. The van der Waals surface area contributed by atoms with Crippen LogP contribution in [-0.2, 0) is 14.3 Å². The van der Waals surface area contributed by atoms with E-state index < -0.39 is 31.5 Å². The number of nitrogens with zero attached hydrogens (tertiary/aromatic N) is 2. The predicted molar refractivity (Wildman–Crippen MR) is 110 cm³/mol. The van der Waals surface area contributed by atoms with E-state index in [0.717, 1.165) is 0 Å². The average Bonchev–Trinajstić information content (AvgIpc) is 2.69. The fourth-order valence-corrected chi connectivity index (χ4v) is 3.38. The number of nitrogens with one attached hydrogen (secondary N) is 1. The molecule has 1 fully saturated rings. The van der Waals surface area contributed by atoms with E-state index in [9.17, 15) is 27.2 Å². The van der Waals surface area contributed by atoms with Gasteiger partial charge in [-0.1, -0.05) is 13.8 Å². The van der Waals surface area contributed by atoms with Crippen LogP contribution in [0.5, 0.6) is 5.75 Å². The first-order valence-electron chi connectivity index (χ1n) is 10.1. The number of hydrogen-bond donors (Lipinski definition) is 2. The summed E-state index contributed by atoms with van der Waals surface area (Å²) in [5.41, 5.74) is 5.88. The Morgan fingerprint density at radius 3 is 2.56 bits per heavy atom. The molecule has 180 valence electrons. The van der Waals surface area contributed by atoms with Crippen molar-refractivity contribution in [3.05, 3.63) is 18.2 Å². The van der Waals surface area contributed by atoms with Gasteiger partial charge in [-0.25, -0.2) is 8.78 Å². The van der Waals surface area contributed by atoms with Crippen molar-refractivity contribution in [1.29, 1.82) is 0 Å². The zero-order chi connectivity index (χ0) is 23.8. The van der Waals surface area contributed by atoms with Crippen molar-refractivity contribution in [2.75, 3.05) is 49.6 Å². The van der Waals surface area contributed by atoms with Crippen molar-refractivity contribution >= 4 is 23.2 Å². The van der Waals surface area contributed by atoms with E-state index in [-0.39, 0.29) is 56.1 Å². The number of alkyl halides is 4. The van der Waals surface area contributed by atoms with Crippen LogP contribution in [0.25, 0.3) is 0 Å². The molecule has 0 unspecified atom stereocenters. The molecule has 3 N–H and O–H groups in total. The molecule has 8 nitrogen and oxygen atoms in total. The Hall–Kier alpha value is -2.44. The summed E-state index contributed by atoms with van der Waals surface area (Å²) in [4.78, 5) is 27.5. The third kappa shape index (κ3) is 7.31. The topological polar surface area (TPSA) is 97.1 Å². The first kappa shape index (κ1) is 25.8. The fourth-order valence-electron chi connectivity index (χ4n) is 3.38. The van der Waals surface area contributed by atoms with Crippen molar-refractivity contribution < 1.29 is 36.6 Å². The number of benzene rings is 1. The number of carbonyl (C=O) groups excluding carboxylic acids is 2. The summed E-state index contributed by atoms with van der Waals surface area (Å²) in [7, 11) is 0. The number of halogens is 4. The van der Waals surface area contributed by atoms with Crippen molar-refractivity contribution in [2.45, 2.75) is 32.9 Å². The highest BCUT2D eigenvalue weighted by molar-refractivity contribution is 5.98. The summed E-state index contributed by atoms with van der Waals surface area (Å²) in [6.07, 6.45) is -2.68. The quantitative estimate of drug-likeness (QED) is 0.487. The minimum atomic E-state index is -3.19. The molecular formula is C20H28F4N4O4. The average molecular weight is 464 g/mol. The van der Waals surface area contributed by atoms with Crippen molar-refractivity contribution in [2.24, 2.45) is 11.7 Å². The number of nitrogens with two attached hydrogens (primary N) is 1. The molecule has 0 aromatic heterocycles. The van der Waals surface area contributed by atoms with Gasteiger partial charge in [-0.2, -0.15) is 8.78 Å². The second-order valence-electron chi connectivity index (χ2n) is 7.64. The molecule has 0 radical (unpaired) electrons. The van der Waals surface area contributed by atoms with E-state index in [1.165, 1.54) is 28.0 Å². The van der Waals surface area contributed by atoms with Gasteiger partial charge in [0.2, 0.25) is 5.91 Å². The molecule has 0 aliphatic carbocycles. The van der Waals surface area contributed by atoms with Gasteiger partial charge < -0.3 is 25.4 Å². The third-order valence-electron chi connectivity index (χ3n) is 4.68. The molecule has 1 saturated heterocycles. The molecule has 12 heteroatoms. The minimum absolute atomic E-state index is 0.0151. The van der Waals surface area contributed by atoms with E-state index in [1.54, 1.807) is 0 Å². The molecule has 1 aromatic carbocycles. The van der Waals surface area contributed by atoms with Gasteiger partial charge in [-0.05, 0) is 18.1 Å². The standard InChI is InChI=1S/C20H28F4N4O4/c1-12(2)9-27(10-17(21)22)15(8-25)19(30)26-14-4-3-13(7-16(14)32-20(23)24)28-5-6-31-11-18(28)29/h3-4,7,12,15,17,20H,5-6,8-11,25H2,1-2H3,(H,26,30)/t15-/m1/s1. The molecule has 2 amide bonds. The Morgan fingerprint density at radius 1 is 1.28 bits per heavy atom. The molecule has 32 heavy (non-hydrogen) atoms. The van der Waals surface area contributed by atoms with Crippen molar-refractivity contribution in [1.82, 2.24) is 4.90 Å². The van der Waals surface area contributed by atoms with Crippen LogP contribution in [0.15, 0.2) is 18.2 Å². The van der Waals surface area contributed by atoms with Crippen LogP contribution in [0.4, 0.5) is 28.9 Å². The molecule has 1 aliphatic rings. The lowest BCUT2D eigenvalue weighted by Gasteiger charge is -2.31. The molecule has 0 spiro atoms. The zero-order valence-corrected chi connectivity index (χ0v) is 17.9. The lowest BCUT2D eigenvalue weighted by Crippen LogP contribution is -2.51. The summed E-state index contributed by atoms with van der Waals surface area (Å²) in [6, 6.07) is 2.86. The third-order valence-corrected chi connectivity index (χ3v) is 4.68. The molecular weight excluding hydrogens is 436 g/mol. The van der Waals surface area contributed by atoms with Gasteiger partial charge in [-0.3, -0.25) is 14.5 Å². The minimum Gasteiger partial charge on any atom is -0.433 e. The van der Waals surface area contributed by atoms with Gasteiger partial charge in [0.1, 0.15) is 12.6 Å².